The smallest absolute Gasteiger partial charge is 0.228 e. The molecule has 0 bridgehead atoms. The van der Waals surface area contributed by atoms with Gasteiger partial charge in [0.05, 0.1) is 12.8 Å². The normalized spacial score (nSPS) is 12.6. The third-order valence-corrected chi connectivity index (χ3v) is 3.74. The number of anilines is 1. The van der Waals surface area contributed by atoms with E-state index in [0.29, 0.717) is 19.4 Å². The van der Waals surface area contributed by atoms with Crippen molar-refractivity contribution in [3.05, 3.63) is 65.2 Å². The first-order valence-electron chi connectivity index (χ1n) is 7.43. The molecule has 4 heteroatoms. The minimum absolute atomic E-state index is 0.0317. The Hall–Kier alpha value is -2.62. The monoisotopic (exact) mass is 294 g/mol. The fourth-order valence-corrected chi connectivity index (χ4v) is 2.63. The highest BCUT2D eigenvalue weighted by Crippen LogP contribution is 2.23. The molecule has 1 heterocycles. The number of hydrogen-bond acceptors (Lipinski definition) is 2. The van der Waals surface area contributed by atoms with Gasteiger partial charge in [0, 0.05) is 12.2 Å². The number of fused-ring (bicyclic) bond motifs is 1. The molecule has 0 radical (unpaired) electrons. The molecule has 1 aliphatic heterocycles. The highest BCUT2D eigenvalue weighted by atomic mass is 16.2. The van der Waals surface area contributed by atoms with Gasteiger partial charge in [-0.25, -0.2) is 0 Å². The zero-order valence-electron chi connectivity index (χ0n) is 12.3. The van der Waals surface area contributed by atoms with Crippen LogP contribution in [0.5, 0.6) is 0 Å². The number of nitrogens with one attached hydrogen (secondary N) is 2. The maximum atomic E-state index is 11.9. The van der Waals surface area contributed by atoms with Crippen LogP contribution in [0.4, 0.5) is 5.69 Å². The Morgan fingerprint density at radius 1 is 1.09 bits per heavy atom. The summed E-state index contributed by atoms with van der Waals surface area (Å²) in [5.74, 6) is 0.0764. The summed E-state index contributed by atoms with van der Waals surface area (Å²) in [6.45, 7) is 0.603. The number of hydrogen-bond donors (Lipinski definition) is 2. The maximum Gasteiger partial charge on any atom is 0.228 e. The van der Waals surface area contributed by atoms with E-state index in [2.05, 4.69) is 10.6 Å². The molecule has 2 aromatic rings. The van der Waals surface area contributed by atoms with Crippen LogP contribution < -0.4 is 10.6 Å². The predicted octanol–water partition coefficient (Wildman–Crippen LogP) is 2.08. The van der Waals surface area contributed by atoms with Crippen LogP contribution >= 0.6 is 0 Å². The first-order valence-corrected chi connectivity index (χ1v) is 7.43. The Morgan fingerprint density at radius 2 is 1.91 bits per heavy atom. The van der Waals surface area contributed by atoms with Crippen LogP contribution in [0.25, 0.3) is 0 Å². The molecule has 0 saturated carbocycles. The van der Waals surface area contributed by atoms with Crippen molar-refractivity contribution in [2.45, 2.75) is 19.3 Å². The largest absolute Gasteiger partial charge is 0.355 e. The fourth-order valence-electron chi connectivity index (χ4n) is 2.63. The molecule has 2 aromatic carbocycles. The lowest BCUT2D eigenvalue weighted by molar-refractivity contribution is -0.120. The molecule has 2 N–H and O–H groups in total. The average molecular weight is 294 g/mol. The molecule has 0 aromatic heterocycles. The Labute approximate surface area is 129 Å². The number of carbonyl (C=O) groups is 2. The molecule has 0 fully saturated rings. The highest BCUT2D eigenvalue weighted by Gasteiger charge is 2.17. The Balaban J connectivity index is 1.48. The second kappa shape index (κ2) is 6.43. The van der Waals surface area contributed by atoms with Gasteiger partial charge in [0.1, 0.15) is 0 Å². The fraction of sp³-hybridized carbons (Fsp3) is 0.222. The molecule has 0 atom stereocenters. The standard InChI is InChI=1S/C18H18N2O2/c21-17(11-13-4-2-1-3-5-13)19-9-8-14-6-7-16-15(10-14)12-18(22)20-16/h1-7,10H,8-9,11-12H2,(H,19,21)(H,20,22). The van der Waals surface area contributed by atoms with E-state index in [1.165, 1.54) is 0 Å². The summed E-state index contributed by atoms with van der Waals surface area (Å²) < 4.78 is 0. The van der Waals surface area contributed by atoms with Crippen molar-refractivity contribution in [2.24, 2.45) is 0 Å². The summed E-state index contributed by atoms with van der Waals surface area (Å²) in [6.07, 6.45) is 1.62. The first-order chi connectivity index (χ1) is 10.7. The Kier molecular flexibility index (Phi) is 4.19. The van der Waals surface area contributed by atoms with E-state index in [1.54, 1.807) is 0 Å². The third-order valence-electron chi connectivity index (χ3n) is 3.74. The predicted molar refractivity (Wildman–Crippen MR) is 85.6 cm³/mol. The zero-order chi connectivity index (χ0) is 15.4. The third kappa shape index (κ3) is 3.52. The lowest BCUT2D eigenvalue weighted by atomic mass is 10.1. The van der Waals surface area contributed by atoms with Crippen molar-refractivity contribution in [3.8, 4) is 0 Å². The van der Waals surface area contributed by atoms with Crippen molar-refractivity contribution in [3.63, 3.8) is 0 Å². The molecule has 0 unspecified atom stereocenters. The van der Waals surface area contributed by atoms with E-state index >= 15 is 0 Å². The second-order valence-corrected chi connectivity index (χ2v) is 5.48. The van der Waals surface area contributed by atoms with Gasteiger partial charge in [0.25, 0.3) is 0 Å². The quantitative estimate of drug-likeness (QED) is 0.887. The molecule has 22 heavy (non-hydrogen) atoms. The van der Waals surface area contributed by atoms with Crippen molar-refractivity contribution in [2.75, 3.05) is 11.9 Å². The first kappa shape index (κ1) is 14.3. The molecular formula is C18H18N2O2. The summed E-state index contributed by atoms with van der Waals surface area (Å²) in [5, 5.41) is 5.75. The second-order valence-electron chi connectivity index (χ2n) is 5.48. The SMILES string of the molecule is O=C(Cc1ccccc1)NCCc1ccc2c(c1)CC(=O)N2. The molecule has 0 saturated heterocycles. The van der Waals surface area contributed by atoms with Crippen LogP contribution in [0.2, 0.25) is 0 Å². The average Bonchev–Trinajstić information content (AvgIpc) is 2.87. The summed E-state index contributed by atoms with van der Waals surface area (Å²) >= 11 is 0. The number of amides is 2. The zero-order valence-corrected chi connectivity index (χ0v) is 12.3. The Morgan fingerprint density at radius 3 is 2.73 bits per heavy atom. The van der Waals surface area contributed by atoms with E-state index < -0.39 is 0 Å². The van der Waals surface area contributed by atoms with Gasteiger partial charge in [-0.05, 0) is 29.2 Å². The summed E-state index contributed by atoms with van der Waals surface area (Å²) in [5.41, 5.74) is 4.09. The van der Waals surface area contributed by atoms with Gasteiger partial charge in [-0.1, -0.05) is 42.5 Å². The van der Waals surface area contributed by atoms with Gasteiger partial charge in [-0.15, -0.1) is 0 Å². The van der Waals surface area contributed by atoms with E-state index in [1.807, 2.05) is 48.5 Å². The van der Waals surface area contributed by atoms with E-state index in [9.17, 15) is 9.59 Å². The molecule has 2 amide bonds. The molecule has 1 aliphatic rings. The molecule has 4 nitrogen and oxygen atoms in total. The lowest BCUT2D eigenvalue weighted by Crippen LogP contribution is -2.27. The van der Waals surface area contributed by atoms with Gasteiger partial charge < -0.3 is 10.6 Å². The van der Waals surface area contributed by atoms with Crippen molar-refractivity contribution in [1.82, 2.24) is 5.32 Å². The minimum Gasteiger partial charge on any atom is -0.355 e. The van der Waals surface area contributed by atoms with Crippen molar-refractivity contribution >= 4 is 17.5 Å². The van der Waals surface area contributed by atoms with E-state index in [-0.39, 0.29) is 11.8 Å². The topological polar surface area (TPSA) is 58.2 Å². The van der Waals surface area contributed by atoms with Crippen LogP contribution in [0, 0.1) is 0 Å². The molecule has 112 valence electrons. The van der Waals surface area contributed by atoms with Crippen LogP contribution in [0.15, 0.2) is 48.5 Å². The molecule has 0 aliphatic carbocycles. The number of carbonyl (C=O) groups excluding carboxylic acids is 2. The van der Waals surface area contributed by atoms with Gasteiger partial charge in [0.15, 0.2) is 0 Å². The number of benzene rings is 2. The molecule has 0 spiro atoms. The van der Waals surface area contributed by atoms with E-state index in [0.717, 1.165) is 28.8 Å². The summed E-state index contributed by atoms with van der Waals surface area (Å²) in [7, 11) is 0. The van der Waals surface area contributed by atoms with Crippen molar-refractivity contribution < 1.29 is 9.59 Å². The molecular weight excluding hydrogens is 276 g/mol. The number of rotatable bonds is 5. The van der Waals surface area contributed by atoms with Crippen molar-refractivity contribution in [1.29, 1.82) is 0 Å². The molecule has 3 rings (SSSR count). The Bertz CT molecular complexity index is 695. The van der Waals surface area contributed by atoms with Gasteiger partial charge in [-0.3, -0.25) is 9.59 Å². The van der Waals surface area contributed by atoms with Crippen LogP contribution in [0.1, 0.15) is 16.7 Å². The van der Waals surface area contributed by atoms with Crippen LogP contribution in [-0.2, 0) is 28.9 Å². The van der Waals surface area contributed by atoms with Gasteiger partial charge >= 0.3 is 0 Å². The van der Waals surface area contributed by atoms with Gasteiger partial charge in [0.2, 0.25) is 11.8 Å². The van der Waals surface area contributed by atoms with Crippen LogP contribution in [0.3, 0.4) is 0 Å². The minimum atomic E-state index is 0.0317. The van der Waals surface area contributed by atoms with Crippen LogP contribution in [-0.4, -0.2) is 18.4 Å². The highest BCUT2D eigenvalue weighted by molar-refractivity contribution is 5.99. The lowest BCUT2D eigenvalue weighted by Gasteiger charge is -2.07. The maximum absolute atomic E-state index is 11.9. The summed E-state index contributed by atoms with van der Waals surface area (Å²) in [4.78, 5) is 23.2. The summed E-state index contributed by atoms with van der Waals surface area (Å²) in [6, 6.07) is 15.7. The van der Waals surface area contributed by atoms with E-state index in [4.69, 9.17) is 0 Å². The van der Waals surface area contributed by atoms with Gasteiger partial charge in [-0.2, -0.15) is 0 Å².